The summed E-state index contributed by atoms with van der Waals surface area (Å²) in [7, 11) is 0. The number of benzene rings is 1. The Hall–Kier alpha value is -2.29. The Labute approximate surface area is 106 Å². The first kappa shape index (κ1) is 12.2. The van der Waals surface area contributed by atoms with Crippen LogP contribution in [0.4, 0.5) is 0 Å². The van der Waals surface area contributed by atoms with Gasteiger partial charge in [0, 0.05) is 12.6 Å². The van der Waals surface area contributed by atoms with Gasteiger partial charge in [-0.1, -0.05) is 30.3 Å². The molecule has 92 valence electrons. The van der Waals surface area contributed by atoms with Crippen LogP contribution in [0.2, 0.25) is 0 Å². The lowest BCUT2D eigenvalue weighted by Crippen LogP contribution is -2.20. The highest BCUT2D eigenvalue weighted by Crippen LogP contribution is 2.07. The fourth-order valence-electron chi connectivity index (χ4n) is 1.54. The molecule has 0 saturated heterocycles. The maximum atomic E-state index is 11.6. The first-order chi connectivity index (χ1) is 8.74. The van der Waals surface area contributed by atoms with E-state index in [-0.39, 0.29) is 5.91 Å². The Bertz CT molecular complexity index is 541. The Morgan fingerprint density at radius 3 is 2.67 bits per heavy atom. The second-order valence-electron chi connectivity index (χ2n) is 3.99. The zero-order valence-corrected chi connectivity index (χ0v) is 10.2. The molecule has 0 aliphatic rings. The van der Waals surface area contributed by atoms with Crippen molar-refractivity contribution in [3.8, 4) is 0 Å². The highest BCUT2D eigenvalue weighted by Gasteiger charge is 1.97. The molecular weight excluding hydrogens is 226 g/mol. The predicted octanol–water partition coefficient (Wildman–Crippen LogP) is 2.92. The fourth-order valence-corrected chi connectivity index (χ4v) is 1.54. The van der Waals surface area contributed by atoms with Gasteiger partial charge in [-0.25, -0.2) is 0 Å². The van der Waals surface area contributed by atoms with Gasteiger partial charge in [-0.05, 0) is 30.7 Å². The molecule has 0 bridgehead atoms. The minimum Gasteiger partial charge on any atom is -0.462 e. The van der Waals surface area contributed by atoms with Crippen molar-refractivity contribution in [2.24, 2.45) is 0 Å². The molecular formula is C15H15NO2. The Morgan fingerprint density at radius 1 is 1.22 bits per heavy atom. The molecule has 2 rings (SSSR count). The van der Waals surface area contributed by atoms with Crippen molar-refractivity contribution in [3.63, 3.8) is 0 Å². The number of amides is 1. The second kappa shape index (κ2) is 5.87. The van der Waals surface area contributed by atoms with Crippen LogP contribution in [0, 0.1) is 6.92 Å². The first-order valence-electron chi connectivity index (χ1n) is 5.80. The molecule has 0 spiro atoms. The minimum absolute atomic E-state index is 0.132. The van der Waals surface area contributed by atoms with Gasteiger partial charge in [-0.2, -0.15) is 0 Å². The summed E-state index contributed by atoms with van der Waals surface area (Å²) in [5.74, 6) is 1.38. The molecule has 18 heavy (non-hydrogen) atoms. The lowest BCUT2D eigenvalue weighted by Gasteiger charge is -2.01. The maximum absolute atomic E-state index is 11.6. The summed E-state index contributed by atoms with van der Waals surface area (Å²) in [5.41, 5.74) is 1.08. The lowest BCUT2D eigenvalue weighted by atomic mass is 10.2. The summed E-state index contributed by atoms with van der Waals surface area (Å²) in [6, 6.07) is 13.5. The molecule has 3 heteroatoms. The van der Waals surface area contributed by atoms with Crippen molar-refractivity contribution in [2.75, 3.05) is 0 Å². The molecule has 1 amide bonds. The van der Waals surface area contributed by atoms with E-state index in [0.717, 1.165) is 11.3 Å². The van der Waals surface area contributed by atoms with Crippen LogP contribution in [0.25, 0.3) is 6.08 Å². The Morgan fingerprint density at radius 2 is 2.00 bits per heavy atom. The number of carbonyl (C=O) groups is 1. The van der Waals surface area contributed by atoms with E-state index in [2.05, 4.69) is 5.32 Å². The molecule has 0 aliphatic heterocycles. The van der Waals surface area contributed by atoms with Crippen molar-refractivity contribution >= 4 is 12.0 Å². The van der Waals surface area contributed by atoms with Crippen LogP contribution in [0.15, 0.2) is 53.0 Å². The summed E-state index contributed by atoms with van der Waals surface area (Å²) < 4.78 is 5.33. The Balaban J connectivity index is 1.84. The molecule has 0 atom stereocenters. The zero-order valence-electron chi connectivity index (χ0n) is 10.2. The van der Waals surface area contributed by atoms with E-state index in [4.69, 9.17) is 4.42 Å². The Kier molecular flexibility index (Phi) is 3.97. The van der Waals surface area contributed by atoms with Crippen molar-refractivity contribution in [2.45, 2.75) is 13.5 Å². The van der Waals surface area contributed by atoms with Crippen molar-refractivity contribution in [3.05, 3.63) is 65.6 Å². The smallest absolute Gasteiger partial charge is 0.244 e. The second-order valence-corrected chi connectivity index (χ2v) is 3.99. The summed E-state index contributed by atoms with van der Waals surface area (Å²) >= 11 is 0. The normalized spacial score (nSPS) is 10.7. The third kappa shape index (κ3) is 3.63. The van der Waals surface area contributed by atoms with Gasteiger partial charge >= 0.3 is 0 Å². The number of hydrogen-bond acceptors (Lipinski definition) is 2. The monoisotopic (exact) mass is 241 g/mol. The molecule has 1 aromatic heterocycles. The van der Waals surface area contributed by atoms with E-state index in [0.29, 0.717) is 12.3 Å². The standard InChI is InChI=1S/C15H15NO2/c1-12-7-8-14(18-12)9-10-15(17)16-11-13-5-3-2-4-6-13/h2-10H,11H2,1H3,(H,16,17). The average molecular weight is 241 g/mol. The van der Waals surface area contributed by atoms with Crippen LogP contribution in [0.5, 0.6) is 0 Å². The van der Waals surface area contributed by atoms with Gasteiger partial charge in [0.25, 0.3) is 0 Å². The van der Waals surface area contributed by atoms with Crippen LogP contribution in [0.3, 0.4) is 0 Å². The number of nitrogens with one attached hydrogen (secondary N) is 1. The number of furan rings is 1. The van der Waals surface area contributed by atoms with E-state index in [9.17, 15) is 4.79 Å². The van der Waals surface area contributed by atoms with Crippen molar-refractivity contribution in [1.29, 1.82) is 0 Å². The average Bonchev–Trinajstić information content (AvgIpc) is 2.81. The van der Waals surface area contributed by atoms with Gasteiger partial charge in [0.15, 0.2) is 0 Å². The highest BCUT2D eigenvalue weighted by molar-refractivity contribution is 5.91. The van der Waals surface area contributed by atoms with E-state index in [1.165, 1.54) is 6.08 Å². The first-order valence-corrected chi connectivity index (χ1v) is 5.80. The van der Waals surface area contributed by atoms with Gasteiger partial charge in [-0.3, -0.25) is 4.79 Å². The molecule has 1 heterocycles. The van der Waals surface area contributed by atoms with Crippen LogP contribution in [-0.2, 0) is 11.3 Å². The number of aryl methyl sites for hydroxylation is 1. The third-order valence-corrected chi connectivity index (χ3v) is 2.47. The van der Waals surface area contributed by atoms with Gasteiger partial charge in [0.2, 0.25) is 5.91 Å². The molecule has 3 nitrogen and oxygen atoms in total. The van der Waals surface area contributed by atoms with Crippen LogP contribution in [-0.4, -0.2) is 5.91 Å². The zero-order chi connectivity index (χ0) is 12.8. The number of hydrogen-bond donors (Lipinski definition) is 1. The third-order valence-electron chi connectivity index (χ3n) is 2.47. The van der Waals surface area contributed by atoms with Crippen molar-refractivity contribution < 1.29 is 9.21 Å². The van der Waals surface area contributed by atoms with Crippen LogP contribution >= 0.6 is 0 Å². The van der Waals surface area contributed by atoms with E-state index in [1.807, 2.05) is 49.4 Å². The molecule has 1 aromatic carbocycles. The van der Waals surface area contributed by atoms with Gasteiger partial charge in [-0.15, -0.1) is 0 Å². The number of rotatable bonds is 4. The topological polar surface area (TPSA) is 42.2 Å². The van der Waals surface area contributed by atoms with Crippen molar-refractivity contribution in [1.82, 2.24) is 5.32 Å². The highest BCUT2D eigenvalue weighted by atomic mass is 16.3. The molecule has 0 fully saturated rings. The molecule has 0 saturated carbocycles. The SMILES string of the molecule is Cc1ccc(C=CC(=O)NCc2ccccc2)o1. The summed E-state index contributed by atoms with van der Waals surface area (Å²) in [6.07, 6.45) is 3.13. The summed E-state index contributed by atoms with van der Waals surface area (Å²) in [5, 5.41) is 2.81. The molecule has 0 aliphatic carbocycles. The largest absolute Gasteiger partial charge is 0.462 e. The van der Waals surface area contributed by atoms with Gasteiger partial charge in [0.1, 0.15) is 11.5 Å². The molecule has 2 aromatic rings. The van der Waals surface area contributed by atoms with E-state index >= 15 is 0 Å². The summed E-state index contributed by atoms with van der Waals surface area (Å²) in [4.78, 5) is 11.6. The lowest BCUT2D eigenvalue weighted by molar-refractivity contribution is -0.116. The number of carbonyl (C=O) groups excluding carboxylic acids is 1. The molecule has 0 radical (unpaired) electrons. The quantitative estimate of drug-likeness (QED) is 0.836. The summed E-state index contributed by atoms with van der Waals surface area (Å²) in [6.45, 7) is 2.40. The maximum Gasteiger partial charge on any atom is 0.244 e. The van der Waals surface area contributed by atoms with E-state index in [1.54, 1.807) is 6.08 Å². The predicted molar refractivity (Wildman–Crippen MR) is 70.8 cm³/mol. The van der Waals surface area contributed by atoms with Gasteiger partial charge < -0.3 is 9.73 Å². The van der Waals surface area contributed by atoms with E-state index < -0.39 is 0 Å². The fraction of sp³-hybridized carbons (Fsp3) is 0.133. The molecule has 0 unspecified atom stereocenters. The van der Waals surface area contributed by atoms with Gasteiger partial charge in [0.05, 0.1) is 0 Å². The van der Waals surface area contributed by atoms with Crippen LogP contribution < -0.4 is 5.32 Å². The van der Waals surface area contributed by atoms with Crippen LogP contribution in [0.1, 0.15) is 17.1 Å². The molecule has 1 N–H and O–H groups in total. The minimum atomic E-state index is -0.132.